The van der Waals surface area contributed by atoms with E-state index in [2.05, 4.69) is 0 Å². The van der Waals surface area contributed by atoms with Crippen LogP contribution < -0.4 is 0 Å². The number of aryl methyl sites for hydroxylation is 2. The van der Waals surface area contributed by atoms with Gasteiger partial charge in [0.2, 0.25) is 0 Å². The molecule has 0 saturated carbocycles. The molecule has 1 aromatic heterocycles. The van der Waals surface area contributed by atoms with Crippen molar-refractivity contribution in [2.45, 2.75) is 33.7 Å². The van der Waals surface area contributed by atoms with Gasteiger partial charge in [0.1, 0.15) is 11.5 Å². The second-order valence-corrected chi connectivity index (χ2v) is 4.49. The van der Waals surface area contributed by atoms with Crippen molar-refractivity contribution in [1.29, 1.82) is 0 Å². The lowest BCUT2D eigenvalue weighted by Gasteiger charge is -2.25. The standard InChI is InChI=1S/C12H18ClNO2/c1-8(2)14(6-5-13)12(15)11-7-9(3)16-10(11)4/h7-8H,5-6H2,1-4H3. The average Bonchev–Trinajstić information content (AvgIpc) is 2.53. The third-order valence-electron chi connectivity index (χ3n) is 2.48. The summed E-state index contributed by atoms with van der Waals surface area (Å²) < 4.78 is 5.36. The summed E-state index contributed by atoms with van der Waals surface area (Å²) in [6.07, 6.45) is 0. The van der Waals surface area contributed by atoms with Crippen LogP contribution in [0.4, 0.5) is 0 Å². The quantitative estimate of drug-likeness (QED) is 0.762. The zero-order valence-electron chi connectivity index (χ0n) is 10.2. The molecule has 0 bridgehead atoms. The summed E-state index contributed by atoms with van der Waals surface area (Å²) in [4.78, 5) is 14.0. The number of alkyl halides is 1. The van der Waals surface area contributed by atoms with Crippen molar-refractivity contribution >= 4 is 17.5 Å². The van der Waals surface area contributed by atoms with E-state index >= 15 is 0 Å². The largest absolute Gasteiger partial charge is 0.466 e. The number of furan rings is 1. The van der Waals surface area contributed by atoms with E-state index in [9.17, 15) is 4.79 Å². The van der Waals surface area contributed by atoms with Crippen LogP contribution in [-0.4, -0.2) is 29.3 Å². The summed E-state index contributed by atoms with van der Waals surface area (Å²) in [7, 11) is 0. The Morgan fingerprint density at radius 3 is 2.50 bits per heavy atom. The van der Waals surface area contributed by atoms with Crippen LogP contribution in [0.1, 0.15) is 35.7 Å². The zero-order valence-corrected chi connectivity index (χ0v) is 11.0. The number of nitrogens with zero attached hydrogens (tertiary/aromatic N) is 1. The van der Waals surface area contributed by atoms with Crippen LogP contribution in [0.15, 0.2) is 10.5 Å². The van der Waals surface area contributed by atoms with Crippen molar-refractivity contribution in [2.24, 2.45) is 0 Å². The second kappa shape index (κ2) is 5.39. The van der Waals surface area contributed by atoms with Crippen LogP contribution in [0.5, 0.6) is 0 Å². The molecule has 0 unspecified atom stereocenters. The van der Waals surface area contributed by atoms with Gasteiger partial charge in [-0.15, -0.1) is 11.6 Å². The van der Waals surface area contributed by atoms with Crippen molar-refractivity contribution in [3.05, 3.63) is 23.2 Å². The molecule has 0 N–H and O–H groups in total. The Labute approximate surface area is 101 Å². The Morgan fingerprint density at radius 1 is 1.50 bits per heavy atom. The highest BCUT2D eigenvalue weighted by molar-refractivity contribution is 6.18. The van der Waals surface area contributed by atoms with E-state index in [-0.39, 0.29) is 11.9 Å². The van der Waals surface area contributed by atoms with Gasteiger partial charge in [-0.2, -0.15) is 0 Å². The van der Waals surface area contributed by atoms with E-state index in [1.54, 1.807) is 17.9 Å². The highest BCUT2D eigenvalue weighted by atomic mass is 35.5. The van der Waals surface area contributed by atoms with Crippen LogP contribution >= 0.6 is 11.6 Å². The first-order chi connectivity index (χ1) is 7.47. The maximum Gasteiger partial charge on any atom is 0.257 e. The number of hydrogen-bond acceptors (Lipinski definition) is 2. The van der Waals surface area contributed by atoms with Crippen molar-refractivity contribution in [2.75, 3.05) is 12.4 Å². The number of carbonyl (C=O) groups excluding carboxylic acids is 1. The first kappa shape index (κ1) is 13.1. The van der Waals surface area contributed by atoms with E-state index in [0.717, 1.165) is 5.76 Å². The van der Waals surface area contributed by atoms with Crippen LogP contribution in [0.3, 0.4) is 0 Å². The lowest BCUT2D eigenvalue weighted by Crippen LogP contribution is -2.38. The smallest absolute Gasteiger partial charge is 0.257 e. The molecule has 1 amide bonds. The predicted molar refractivity (Wildman–Crippen MR) is 65.1 cm³/mol. The molecular weight excluding hydrogens is 226 g/mol. The second-order valence-electron chi connectivity index (χ2n) is 4.11. The number of carbonyl (C=O) groups is 1. The summed E-state index contributed by atoms with van der Waals surface area (Å²) in [6.45, 7) is 8.16. The normalized spacial score (nSPS) is 10.9. The fourth-order valence-electron chi connectivity index (χ4n) is 1.68. The summed E-state index contributed by atoms with van der Waals surface area (Å²) in [6, 6.07) is 1.92. The minimum atomic E-state index is -0.00926. The molecule has 0 aromatic carbocycles. The Hall–Kier alpha value is -0.960. The number of hydrogen-bond donors (Lipinski definition) is 0. The van der Waals surface area contributed by atoms with Gasteiger partial charge in [0.15, 0.2) is 0 Å². The van der Waals surface area contributed by atoms with Crippen molar-refractivity contribution in [3.63, 3.8) is 0 Å². The van der Waals surface area contributed by atoms with Gasteiger partial charge >= 0.3 is 0 Å². The molecule has 0 aliphatic carbocycles. The molecule has 0 aliphatic rings. The zero-order chi connectivity index (χ0) is 12.3. The number of halogens is 1. The highest BCUT2D eigenvalue weighted by Gasteiger charge is 2.21. The van der Waals surface area contributed by atoms with Crippen LogP contribution in [0, 0.1) is 13.8 Å². The van der Waals surface area contributed by atoms with Gasteiger partial charge < -0.3 is 9.32 Å². The van der Waals surface area contributed by atoms with E-state index in [1.165, 1.54) is 0 Å². The van der Waals surface area contributed by atoms with E-state index in [0.29, 0.717) is 23.7 Å². The molecule has 0 radical (unpaired) electrons. The molecule has 0 atom stereocenters. The molecule has 0 fully saturated rings. The van der Waals surface area contributed by atoms with E-state index in [1.807, 2.05) is 20.8 Å². The monoisotopic (exact) mass is 243 g/mol. The minimum absolute atomic E-state index is 0.00926. The fourth-order valence-corrected chi connectivity index (χ4v) is 1.87. The number of amides is 1. The first-order valence-corrected chi connectivity index (χ1v) is 5.94. The molecular formula is C12H18ClNO2. The average molecular weight is 244 g/mol. The van der Waals surface area contributed by atoms with Gasteiger partial charge in [-0.1, -0.05) is 0 Å². The molecule has 1 rings (SSSR count). The Bertz CT molecular complexity index is 371. The van der Waals surface area contributed by atoms with E-state index < -0.39 is 0 Å². The van der Waals surface area contributed by atoms with E-state index in [4.69, 9.17) is 16.0 Å². The number of rotatable bonds is 4. The fraction of sp³-hybridized carbons (Fsp3) is 0.583. The maximum absolute atomic E-state index is 12.2. The third kappa shape index (κ3) is 2.79. The Morgan fingerprint density at radius 2 is 2.12 bits per heavy atom. The van der Waals surface area contributed by atoms with Gasteiger partial charge in [0.05, 0.1) is 5.56 Å². The summed E-state index contributed by atoms with van der Waals surface area (Å²) in [5.41, 5.74) is 0.635. The van der Waals surface area contributed by atoms with Crippen LogP contribution in [0.25, 0.3) is 0 Å². The van der Waals surface area contributed by atoms with Crippen molar-refractivity contribution < 1.29 is 9.21 Å². The minimum Gasteiger partial charge on any atom is -0.466 e. The lowest BCUT2D eigenvalue weighted by atomic mass is 10.2. The molecule has 0 spiro atoms. The molecule has 0 saturated heterocycles. The lowest BCUT2D eigenvalue weighted by molar-refractivity contribution is 0.0716. The molecule has 4 heteroatoms. The van der Waals surface area contributed by atoms with Gasteiger partial charge in [0, 0.05) is 18.5 Å². The highest BCUT2D eigenvalue weighted by Crippen LogP contribution is 2.17. The Balaban J connectivity index is 2.94. The molecule has 1 aromatic rings. The predicted octanol–water partition coefficient (Wildman–Crippen LogP) is 2.99. The summed E-state index contributed by atoms with van der Waals surface area (Å²) in [5, 5.41) is 0. The summed E-state index contributed by atoms with van der Waals surface area (Å²) in [5.74, 6) is 1.86. The van der Waals surface area contributed by atoms with Crippen molar-refractivity contribution in [3.8, 4) is 0 Å². The first-order valence-electron chi connectivity index (χ1n) is 5.41. The van der Waals surface area contributed by atoms with Crippen LogP contribution in [0.2, 0.25) is 0 Å². The van der Waals surface area contributed by atoms with Crippen molar-refractivity contribution in [1.82, 2.24) is 4.90 Å². The molecule has 0 aliphatic heterocycles. The Kier molecular flexibility index (Phi) is 4.42. The third-order valence-corrected chi connectivity index (χ3v) is 2.65. The molecule has 3 nitrogen and oxygen atoms in total. The SMILES string of the molecule is Cc1cc(C(=O)N(CCCl)C(C)C)c(C)o1. The van der Waals surface area contributed by atoms with Crippen LogP contribution in [-0.2, 0) is 0 Å². The van der Waals surface area contributed by atoms with Gasteiger partial charge in [0.25, 0.3) is 5.91 Å². The maximum atomic E-state index is 12.2. The topological polar surface area (TPSA) is 33.5 Å². The van der Waals surface area contributed by atoms with Gasteiger partial charge in [-0.3, -0.25) is 4.79 Å². The van der Waals surface area contributed by atoms with Gasteiger partial charge in [-0.05, 0) is 33.8 Å². The molecule has 90 valence electrons. The van der Waals surface area contributed by atoms with Gasteiger partial charge in [-0.25, -0.2) is 0 Å². The summed E-state index contributed by atoms with van der Waals surface area (Å²) >= 11 is 5.70. The molecule has 16 heavy (non-hydrogen) atoms. The molecule has 1 heterocycles.